The fraction of sp³-hybridized carbons (Fsp3) is 0.190. The summed E-state index contributed by atoms with van der Waals surface area (Å²) in [5.41, 5.74) is 2.95. The van der Waals surface area contributed by atoms with E-state index in [1.807, 2.05) is 36.4 Å². The number of fused-ring (bicyclic) bond motifs is 1. The molecule has 6 nitrogen and oxygen atoms in total. The van der Waals surface area contributed by atoms with Crippen LogP contribution in [0.15, 0.2) is 48.5 Å². The quantitative estimate of drug-likeness (QED) is 0.530. The van der Waals surface area contributed by atoms with E-state index in [-0.39, 0.29) is 12.7 Å². The number of allylic oxidation sites excluding steroid dienone is 1. The third-order valence-corrected chi connectivity index (χ3v) is 3.68. The Balaban J connectivity index is 1.72. The predicted molar refractivity (Wildman–Crippen MR) is 103 cm³/mol. The fourth-order valence-corrected chi connectivity index (χ4v) is 2.50. The van der Waals surface area contributed by atoms with E-state index in [2.05, 4.69) is 16.0 Å². The molecule has 0 aliphatic carbocycles. The first-order chi connectivity index (χ1) is 13.0. The molecule has 0 spiro atoms. The SMILES string of the molecule is CC(C)OC(=O)COc1ccc(C=C(C#N)c2nc3ccccc3[nH]2)cc1. The second-order valence-corrected chi connectivity index (χ2v) is 6.17. The molecule has 0 fully saturated rings. The number of ether oxygens (including phenoxy) is 2. The lowest BCUT2D eigenvalue weighted by Gasteiger charge is -2.09. The molecule has 0 aliphatic rings. The van der Waals surface area contributed by atoms with Gasteiger partial charge >= 0.3 is 5.97 Å². The highest BCUT2D eigenvalue weighted by Gasteiger charge is 2.08. The van der Waals surface area contributed by atoms with Crippen LogP contribution in [0.2, 0.25) is 0 Å². The summed E-state index contributed by atoms with van der Waals surface area (Å²) in [7, 11) is 0. The number of imidazole rings is 1. The summed E-state index contributed by atoms with van der Waals surface area (Å²) in [5.74, 6) is 0.663. The largest absolute Gasteiger partial charge is 0.482 e. The number of hydrogen-bond acceptors (Lipinski definition) is 5. The summed E-state index contributed by atoms with van der Waals surface area (Å²) in [6.07, 6.45) is 1.57. The highest BCUT2D eigenvalue weighted by Crippen LogP contribution is 2.20. The van der Waals surface area contributed by atoms with Crippen LogP contribution in [0, 0.1) is 11.3 Å². The van der Waals surface area contributed by atoms with Gasteiger partial charge in [-0.1, -0.05) is 24.3 Å². The first-order valence-electron chi connectivity index (χ1n) is 8.54. The molecule has 136 valence electrons. The van der Waals surface area contributed by atoms with Gasteiger partial charge in [0.15, 0.2) is 6.61 Å². The van der Waals surface area contributed by atoms with Crippen LogP contribution >= 0.6 is 0 Å². The standard InChI is InChI=1S/C21H19N3O3/c1-14(2)27-20(25)13-26-17-9-7-15(8-10-17)11-16(12-22)21-23-18-5-3-4-6-19(18)24-21/h3-11,14H,13H2,1-2H3,(H,23,24). The van der Waals surface area contributed by atoms with Crippen molar-refractivity contribution < 1.29 is 14.3 Å². The third-order valence-electron chi connectivity index (χ3n) is 3.68. The zero-order chi connectivity index (χ0) is 19.2. The van der Waals surface area contributed by atoms with Crippen molar-refractivity contribution in [3.05, 3.63) is 59.9 Å². The molecule has 0 unspecified atom stereocenters. The summed E-state index contributed by atoms with van der Waals surface area (Å²) >= 11 is 0. The topological polar surface area (TPSA) is 88.0 Å². The van der Waals surface area contributed by atoms with Gasteiger partial charge in [-0.15, -0.1) is 0 Å². The molecule has 27 heavy (non-hydrogen) atoms. The zero-order valence-corrected chi connectivity index (χ0v) is 15.1. The number of hydrogen-bond donors (Lipinski definition) is 1. The van der Waals surface area contributed by atoms with Gasteiger partial charge in [0, 0.05) is 0 Å². The number of nitrogens with zero attached hydrogens (tertiary/aromatic N) is 2. The first-order valence-corrected chi connectivity index (χ1v) is 8.54. The van der Waals surface area contributed by atoms with Gasteiger partial charge in [0.1, 0.15) is 17.6 Å². The van der Waals surface area contributed by atoms with Crippen molar-refractivity contribution in [2.75, 3.05) is 6.61 Å². The molecular weight excluding hydrogens is 342 g/mol. The average Bonchev–Trinajstić information content (AvgIpc) is 3.08. The minimum absolute atomic E-state index is 0.143. The number of nitriles is 1. The number of aromatic nitrogens is 2. The number of benzene rings is 2. The second-order valence-electron chi connectivity index (χ2n) is 6.17. The summed E-state index contributed by atoms with van der Waals surface area (Å²) in [6, 6.07) is 16.9. The van der Waals surface area contributed by atoms with E-state index in [0.29, 0.717) is 17.1 Å². The molecule has 0 saturated heterocycles. The second kappa shape index (κ2) is 8.19. The lowest BCUT2D eigenvalue weighted by molar-refractivity contribution is -0.149. The minimum atomic E-state index is -0.411. The number of nitrogens with one attached hydrogen (secondary N) is 1. The van der Waals surface area contributed by atoms with Crippen molar-refractivity contribution in [3.63, 3.8) is 0 Å². The van der Waals surface area contributed by atoms with Gasteiger partial charge in [-0.25, -0.2) is 9.78 Å². The van der Waals surface area contributed by atoms with Gasteiger partial charge in [-0.05, 0) is 49.8 Å². The molecule has 2 aromatic carbocycles. The maximum absolute atomic E-state index is 11.5. The van der Waals surface area contributed by atoms with Gasteiger partial charge in [0.05, 0.1) is 22.7 Å². The van der Waals surface area contributed by atoms with Crippen LogP contribution in [-0.4, -0.2) is 28.6 Å². The van der Waals surface area contributed by atoms with E-state index in [0.717, 1.165) is 16.6 Å². The Labute approximate surface area is 157 Å². The number of rotatable bonds is 6. The highest BCUT2D eigenvalue weighted by molar-refractivity contribution is 5.90. The Kier molecular flexibility index (Phi) is 5.53. The Hall–Kier alpha value is -3.59. The minimum Gasteiger partial charge on any atom is -0.482 e. The van der Waals surface area contributed by atoms with Crippen LogP contribution in [0.5, 0.6) is 5.75 Å². The lowest BCUT2D eigenvalue weighted by Crippen LogP contribution is -2.18. The van der Waals surface area contributed by atoms with Crippen LogP contribution in [0.4, 0.5) is 0 Å². The molecule has 1 N–H and O–H groups in total. The number of carbonyl (C=O) groups is 1. The Morgan fingerprint density at radius 1 is 1.22 bits per heavy atom. The van der Waals surface area contributed by atoms with Gasteiger partial charge in [-0.2, -0.15) is 5.26 Å². The molecule has 0 atom stereocenters. The predicted octanol–water partition coefficient (Wildman–Crippen LogP) is 3.96. The molecular formula is C21H19N3O3. The Morgan fingerprint density at radius 3 is 2.63 bits per heavy atom. The Morgan fingerprint density at radius 2 is 1.96 bits per heavy atom. The first kappa shape index (κ1) is 18.2. The number of H-pyrrole nitrogens is 1. The van der Waals surface area contributed by atoms with Gasteiger partial charge in [-0.3, -0.25) is 0 Å². The number of esters is 1. The number of para-hydroxylation sites is 2. The summed E-state index contributed by atoms with van der Waals surface area (Å²) in [6.45, 7) is 3.43. The molecule has 1 aromatic heterocycles. The molecule has 0 aliphatic heterocycles. The zero-order valence-electron chi connectivity index (χ0n) is 15.1. The van der Waals surface area contributed by atoms with Crippen molar-refractivity contribution in [2.45, 2.75) is 20.0 Å². The molecule has 0 bridgehead atoms. The van der Waals surface area contributed by atoms with Crippen LogP contribution in [0.3, 0.4) is 0 Å². The smallest absolute Gasteiger partial charge is 0.344 e. The van der Waals surface area contributed by atoms with Gasteiger partial charge < -0.3 is 14.5 Å². The molecule has 6 heteroatoms. The molecule has 3 aromatic rings. The van der Waals surface area contributed by atoms with E-state index in [1.165, 1.54) is 0 Å². The van der Waals surface area contributed by atoms with E-state index >= 15 is 0 Å². The summed E-state index contributed by atoms with van der Waals surface area (Å²) in [4.78, 5) is 19.1. The summed E-state index contributed by atoms with van der Waals surface area (Å²) < 4.78 is 10.4. The maximum Gasteiger partial charge on any atom is 0.344 e. The van der Waals surface area contributed by atoms with E-state index in [9.17, 15) is 10.1 Å². The van der Waals surface area contributed by atoms with Crippen LogP contribution < -0.4 is 4.74 Å². The molecule has 0 amide bonds. The number of carbonyl (C=O) groups excluding carboxylic acids is 1. The van der Waals surface area contributed by atoms with Crippen molar-refractivity contribution in [3.8, 4) is 11.8 Å². The summed E-state index contributed by atoms with van der Waals surface area (Å²) in [5, 5.41) is 9.48. The monoisotopic (exact) mass is 361 g/mol. The van der Waals surface area contributed by atoms with Gasteiger partial charge in [0.2, 0.25) is 0 Å². The van der Waals surface area contributed by atoms with E-state index in [1.54, 1.807) is 32.1 Å². The van der Waals surface area contributed by atoms with Crippen LogP contribution in [-0.2, 0) is 9.53 Å². The highest BCUT2D eigenvalue weighted by atomic mass is 16.6. The van der Waals surface area contributed by atoms with Crippen molar-refractivity contribution in [1.82, 2.24) is 9.97 Å². The van der Waals surface area contributed by atoms with E-state index in [4.69, 9.17) is 9.47 Å². The third kappa shape index (κ3) is 4.73. The Bertz CT molecular complexity index is 978. The van der Waals surface area contributed by atoms with Crippen molar-refractivity contribution in [2.24, 2.45) is 0 Å². The normalized spacial score (nSPS) is 11.4. The lowest BCUT2D eigenvalue weighted by atomic mass is 10.1. The van der Waals surface area contributed by atoms with Crippen molar-refractivity contribution >= 4 is 28.7 Å². The van der Waals surface area contributed by atoms with Crippen LogP contribution in [0.25, 0.3) is 22.7 Å². The van der Waals surface area contributed by atoms with Crippen LogP contribution in [0.1, 0.15) is 25.2 Å². The molecule has 3 rings (SSSR count). The molecule has 0 saturated carbocycles. The maximum atomic E-state index is 11.5. The number of aromatic amines is 1. The molecule has 1 heterocycles. The molecule has 0 radical (unpaired) electrons. The van der Waals surface area contributed by atoms with E-state index < -0.39 is 5.97 Å². The average molecular weight is 361 g/mol. The van der Waals surface area contributed by atoms with Crippen molar-refractivity contribution in [1.29, 1.82) is 5.26 Å². The van der Waals surface area contributed by atoms with Gasteiger partial charge in [0.25, 0.3) is 0 Å². The fourth-order valence-electron chi connectivity index (χ4n) is 2.50.